The standard InChI is InChI=1S/C26H39N3O5S/c1-3-15-29(16-4-2)35(33,34)17-14-26(32)28-24(18-21-10-12-23(30)13-11-21)25(31)20-27-19-22-8-6-5-7-9-22/h5-13,24-25,27,30-31H,3-4,14-20H2,1-2H3,(H,28,32)/t24-,25+/m0/s1. The Morgan fingerprint density at radius 2 is 1.60 bits per heavy atom. The van der Waals surface area contributed by atoms with E-state index < -0.39 is 28.1 Å². The van der Waals surface area contributed by atoms with Crippen molar-refractivity contribution in [3.63, 3.8) is 0 Å². The highest BCUT2D eigenvalue weighted by atomic mass is 32.2. The average molecular weight is 506 g/mol. The molecule has 0 spiro atoms. The van der Waals surface area contributed by atoms with Crippen molar-refractivity contribution in [2.24, 2.45) is 0 Å². The maximum atomic E-state index is 12.7. The molecule has 2 aromatic rings. The number of aliphatic hydroxyl groups is 1. The van der Waals surface area contributed by atoms with Gasteiger partial charge in [0.05, 0.1) is 17.9 Å². The summed E-state index contributed by atoms with van der Waals surface area (Å²) in [6, 6.07) is 15.7. The number of amides is 1. The van der Waals surface area contributed by atoms with E-state index in [0.29, 0.717) is 38.9 Å². The minimum Gasteiger partial charge on any atom is -0.508 e. The molecular formula is C26H39N3O5S. The molecule has 9 heteroatoms. The first-order chi connectivity index (χ1) is 16.7. The number of carbonyl (C=O) groups is 1. The summed E-state index contributed by atoms with van der Waals surface area (Å²) in [6.45, 7) is 5.54. The molecular weight excluding hydrogens is 466 g/mol. The van der Waals surface area contributed by atoms with Crippen molar-refractivity contribution in [2.45, 2.75) is 58.2 Å². The SMILES string of the molecule is CCCN(CCC)S(=O)(=O)CCC(=O)N[C@@H](Cc1ccc(O)cc1)[C@H](O)CNCc1ccccc1. The Morgan fingerprint density at radius 1 is 0.971 bits per heavy atom. The number of hydrogen-bond acceptors (Lipinski definition) is 6. The number of hydrogen-bond donors (Lipinski definition) is 4. The smallest absolute Gasteiger partial charge is 0.221 e. The van der Waals surface area contributed by atoms with E-state index in [1.165, 1.54) is 4.31 Å². The van der Waals surface area contributed by atoms with E-state index in [-0.39, 0.29) is 24.5 Å². The fraction of sp³-hybridized carbons (Fsp3) is 0.500. The van der Waals surface area contributed by atoms with E-state index >= 15 is 0 Å². The number of aliphatic hydroxyl groups excluding tert-OH is 1. The highest BCUT2D eigenvalue weighted by Crippen LogP contribution is 2.13. The highest BCUT2D eigenvalue weighted by Gasteiger charge is 2.25. The van der Waals surface area contributed by atoms with Crippen LogP contribution in [-0.4, -0.2) is 66.4 Å². The van der Waals surface area contributed by atoms with Crippen LogP contribution in [0.25, 0.3) is 0 Å². The molecule has 0 unspecified atom stereocenters. The first-order valence-electron chi connectivity index (χ1n) is 12.2. The van der Waals surface area contributed by atoms with E-state index in [0.717, 1.165) is 11.1 Å². The molecule has 0 saturated heterocycles. The Labute approximate surface area is 209 Å². The molecule has 35 heavy (non-hydrogen) atoms. The third-order valence-corrected chi connectivity index (χ3v) is 7.53. The van der Waals surface area contributed by atoms with Crippen LogP contribution in [-0.2, 0) is 27.8 Å². The lowest BCUT2D eigenvalue weighted by molar-refractivity contribution is -0.122. The van der Waals surface area contributed by atoms with Gasteiger partial charge in [-0.1, -0.05) is 56.3 Å². The number of phenols is 1. The highest BCUT2D eigenvalue weighted by molar-refractivity contribution is 7.89. The summed E-state index contributed by atoms with van der Waals surface area (Å²) < 4.78 is 26.8. The zero-order valence-electron chi connectivity index (χ0n) is 20.7. The second kappa shape index (κ2) is 14.8. The number of phenolic OH excluding ortho intramolecular Hbond substituents is 1. The molecule has 0 aliphatic heterocycles. The summed E-state index contributed by atoms with van der Waals surface area (Å²) in [7, 11) is -3.54. The Balaban J connectivity index is 2.00. The van der Waals surface area contributed by atoms with Gasteiger partial charge in [0.2, 0.25) is 15.9 Å². The average Bonchev–Trinajstić information content (AvgIpc) is 2.84. The molecule has 2 aromatic carbocycles. The Bertz CT molecular complexity index is 978. The van der Waals surface area contributed by atoms with Crippen LogP contribution in [0.5, 0.6) is 5.75 Å². The molecule has 0 heterocycles. The lowest BCUT2D eigenvalue weighted by Crippen LogP contribution is -2.49. The van der Waals surface area contributed by atoms with Crippen LogP contribution in [0, 0.1) is 0 Å². The molecule has 1 amide bonds. The third-order valence-electron chi connectivity index (χ3n) is 5.65. The van der Waals surface area contributed by atoms with Crippen LogP contribution in [0.2, 0.25) is 0 Å². The van der Waals surface area contributed by atoms with E-state index in [9.17, 15) is 23.4 Å². The second-order valence-electron chi connectivity index (χ2n) is 8.69. The molecule has 0 radical (unpaired) electrons. The van der Waals surface area contributed by atoms with Gasteiger partial charge in [0.1, 0.15) is 5.75 Å². The molecule has 194 valence electrons. The number of sulfonamides is 1. The van der Waals surface area contributed by atoms with Gasteiger partial charge in [-0.3, -0.25) is 4.79 Å². The fourth-order valence-corrected chi connectivity index (χ4v) is 5.41. The number of nitrogens with zero attached hydrogens (tertiary/aromatic N) is 1. The van der Waals surface area contributed by atoms with Crippen molar-refractivity contribution in [1.29, 1.82) is 0 Å². The predicted molar refractivity (Wildman–Crippen MR) is 138 cm³/mol. The van der Waals surface area contributed by atoms with Crippen LogP contribution >= 0.6 is 0 Å². The summed E-state index contributed by atoms with van der Waals surface area (Å²) in [6.07, 6.45) is 0.683. The third kappa shape index (κ3) is 10.4. The minimum absolute atomic E-state index is 0.133. The van der Waals surface area contributed by atoms with Gasteiger partial charge in [-0.15, -0.1) is 0 Å². The van der Waals surface area contributed by atoms with Crippen molar-refractivity contribution in [3.8, 4) is 5.75 Å². The monoisotopic (exact) mass is 505 g/mol. The van der Waals surface area contributed by atoms with Crippen molar-refractivity contribution >= 4 is 15.9 Å². The normalized spacial score (nSPS) is 13.5. The maximum absolute atomic E-state index is 12.7. The maximum Gasteiger partial charge on any atom is 0.221 e. The molecule has 0 saturated carbocycles. The Kier molecular flexibility index (Phi) is 12.2. The summed E-state index contributed by atoms with van der Waals surface area (Å²) in [5, 5.41) is 26.4. The molecule has 4 N–H and O–H groups in total. The first-order valence-corrected chi connectivity index (χ1v) is 13.8. The minimum atomic E-state index is -3.54. The van der Waals surface area contributed by atoms with E-state index in [1.807, 2.05) is 44.2 Å². The van der Waals surface area contributed by atoms with Crippen molar-refractivity contribution < 1.29 is 23.4 Å². The number of nitrogens with one attached hydrogen (secondary N) is 2. The van der Waals surface area contributed by atoms with E-state index in [1.54, 1.807) is 24.3 Å². The number of aromatic hydroxyl groups is 1. The van der Waals surface area contributed by atoms with Crippen molar-refractivity contribution in [1.82, 2.24) is 14.9 Å². The first kappa shape index (κ1) is 28.8. The summed E-state index contributed by atoms with van der Waals surface area (Å²) >= 11 is 0. The number of rotatable bonds is 16. The molecule has 0 aromatic heterocycles. The number of benzene rings is 2. The van der Waals surface area contributed by atoms with E-state index in [4.69, 9.17) is 0 Å². The van der Waals surface area contributed by atoms with Crippen LogP contribution in [0.15, 0.2) is 54.6 Å². The lowest BCUT2D eigenvalue weighted by Gasteiger charge is -2.25. The molecule has 2 rings (SSSR count). The largest absolute Gasteiger partial charge is 0.508 e. The molecule has 0 fully saturated rings. The quantitative estimate of drug-likeness (QED) is 0.278. The Hall–Kier alpha value is -2.46. The molecule has 0 aliphatic rings. The summed E-state index contributed by atoms with van der Waals surface area (Å²) in [4.78, 5) is 12.7. The van der Waals surface area contributed by atoms with Gasteiger partial charge < -0.3 is 20.8 Å². The molecule has 8 nitrogen and oxygen atoms in total. The van der Waals surface area contributed by atoms with Gasteiger partial charge in [0.25, 0.3) is 0 Å². The van der Waals surface area contributed by atoms with Gasteiger partial charge in [-0.2, -0.15) is 0 Å². The zero-order valence-corrected chi connectivity index (χ0v) is 21.5. The summed E-state index contributed by atoms with van der Waals surface area (Å²) in [5.74, 6) is -0.562. The van der Waals surface area contributed by atoms with Crippen molar-refractivity contribution in [3.05, 3.63) is 65.7 Å². The van der Waals surface area contributed by atoms with Crippen LogP contribution in [0.1, 0.15) is 44.2 Å². The predicted octanol–water partition coefficient (Wildman–Crippen LogP) is 2.41. The number of carbonyl (C=O) groups excluding carboxylic acids is 1. The molecule has 0 aliphatic carbocycles. The second-order valence-corrected chi connectivity index (χ2v) is 10.8. The van der Waals surface area contributed by atoms with Gasteiger partial charge in [-0.25, -0.2) is 12.7 Å². The van der Waals surface area contributed by atoms with Crippen LogP contribution < -0.4 is 10.6 Å². The topological polar surface area (TPSA) is 119 Å². The van der Waals surface area contributed by atoms with Crippen molar-refractivity contribution in [2.75, 3.05) is 25.4 Å². The summed E-state index contributed by atoms with van der Waals surface area (Å²) in [5.41, 5.74) is 1.91. The van der Waals surface area contributed by atoms with Crippen LogP contribution in [0.3, 0.4) is 0 Å². The zero-order chi connectivity index (χ0) is 25.7. The van der Waals surface area contributed by atoms with Gasteiger partial charge in [0.15, 0.2) is 0 Å². The van der Waals surface area contributed by atoms with E-state index in [2.05, 4.69) is 10.6 Å². The molecule has 2 atom stereocenters. The fourth-order valence-electron chi connectivity index (χ4n) is 3.79. The van der Waals surface area contributed by atoms with Crippen LogP contribution in [0.4, 0.5) is 0 Å². The Morgan fingerprint density at radius 3 is 2.20 bits per heavy atom. The van der Waals surface area contributed by atoms with Gasteiger partial charge in [0, 0.05) is 32.6 Å². The van der Waals surface area contributed by atoms with Gasteiger partial charge >= 0.3 is 0 Å². The van der Waals surface area contributed by atoms with Gasteiger partial charge in [-0.05, 0) is 42.5 Å². The molecule has 0 bridgehead atoms. The lowest BCUT2D eigenvalue weighted by atomic mass is 10.0.